The molecule has 0 spiro atoms. The maximum absolute atomic E-state index is 12.3. The van der Waals surface area contributed by atoms with E-state index in [2.05, 4.69) is 4.98 Å². The summed E-state index contributed by atoms with van der Waals surface area (Å²) >= 11 is 0. The van der Waals surface area contributed by atoms with Crippen LogP contribution in [0.5, 0.6) is 0 Å². The third-order valence-electron chi connectivity index (χ3n) is 6.42. The summed E-state index contributed by atoms with van der Waals surface area (Å²) < 4.78 is 75.1. The molecule has 5 aromatic rings. The molecule has 2 aromatic heterocycles. The van der Waals surface area contributed by atoms with Gasteiger partial charge in [0.15, 0.2) is 5.58 Å². The number of aromatic nitrogens is 2. The Morgan fingerprint density at radius 1 is 0.872 bits per heavy atom. The predicted molar refractivity (Wildman–Crippen MR) is 140 cm³/mol. The average molecular weight is 572 g/mol. The number of nitrogens with zero attached hydrogens (tertiary/aromatic N) is 2. The topological polar surface area (TPSA) is 176 Å². The van der Waals surface area contributed by atoms with Gasteiger partial charge < -0.3 is 9.52 Å². The van der Waals surface area contributed by atoms with E-state index in [0.29, 0.717) is 36.9 Å². The monoisotopic (exact) mass is 571 g/mol. The summed E-state index contributed by atoms with van der Waals surface area (Å²) in [4.78, 5) is 14.4. The fourth-order valence-electron chi connectivity index (χ4n) is 4.63. The number of carboxylic acid groups (broad SMARTS) is 1. The summed E-state index contributed by atoms with van der Waals surface area (Å²) in [5.41, 5.74) is 1.25. The highest BCUT2D eigenvalue weighted by Crippen LogP contribution is 2.35. The Hall–Kier alpha value is -3.91. The van der Waals surface area contributed by atoms with Gasteiger partial charge in [-0.25, -0.2) is 4.98 Å². The number of para-hydroxylation sites is 1. The van der Waals surface area contributed by atoms with Gasteiger partial charge >= 0.3 is 5.97 Å². The first-order chi connectivity index (χ1) is 18.4. The number of oxazole rings is 1. The van der Waals surface area contributed by atoms with Crippen LogP contribution in [0.25, 0.3) is 44.4 Å². The van der Waals surface area contributed by atoms with Crippen molar-refractivity contribution >= 4 is 59.0 Å². The second-order valence-electron chi connectivity index (χ2n) is 9.04. The van der Waals surface area contributed by atoms with Gasteiger partial charge in [0.05, 0.1) is 4.90 Å². The van der Waals surface area contributed by atoms with E-state index in [1.807, 2.05) is 34.9 Å². The second-order valence-corrected chi connectivity index (χ2v) is 11.8. The van der Waals surface area contributed by atoms with Crippen LogP contribution in [-0.4, -0.2) is 42.0 Å². The van der Waals surface area contributed by atoms with Crippen LogP contribution in [-0.2, 0) is 31.6 Å². The largest absolute Gasteiger partial charge is 0.481 e. The fourth-order valence-corrected chi connectivity index (χ4v) is 5.79. The molecule has 39 heavy (non-hydrogen) atoms. The first kappa shape index (κ1) is 26.7. The molecule has 0 aliphatic rings. The minimum atomic E-state index is -4.81. The molecule has 0 amide bonds. The number of hydrogen-bond acceptors (Lipinski definition) is 7. The summed E-state index contributed by atoms with van der Waals surface area (Å²) in [7, 11) is -9.38. The van der Waals surface area contributed by atoms with Gasteiger partial charge in [-0.2, -0.15) is 21.4 Å². The van der Waals surface area contributed by atoms with E-state index in [-0.39, 0.29) is 28.8 Å². The first-order valence-electron chi connectivity index (χ1n) is 11.9. The van der Waals surface area contributed by atoms with Gasteiger partial charge in [0.2, 0.25) is 5.52 Å². The molecular weight excluding hydrogens is 548 g/mol. The molecule has 2 heterocycles. The van der Waals surface area contributed by atoms with E-state index in [9.17, 15) is 30.7 Å². The Labute approximate surface area is 222 Å². The summed E-state index contributed by atoms with van der Waals surface area (Å²) in [6.45, 7) is 0.499. The van der Waals surface area contributed by atoms with Crippen molar-refractivity contribution in [3.05, 3.63) is 60.7 Å². The zero-order chi connectivity index (χ0) is 27.9. The lowest BCUT2D eigenvalue weighted by Gasteiger charge is -2.05. The summed E-state index contributed by atoms with van der Waals surface area (Å²) in [6, 6.07) is 15.9. The molecule has 13 heteroatoms. The van der Waals surface area contributed by atoms with Crippen LogP contribution in [0.4, 0.5) is 0 Å². The summed E-state index contributed by atoms with van der Waals surface area (Å²) in [6.07, 6.45) is 1.93. The lowest BCUT2D eigenvalue weighted by atomic mass is 10.1. The molecule has 0 unspecified atom stereocenters. The minimum absolute atomic E-state index is 0.0672. The second kappa shape index (κ2) is 10.0. The summed E-state index contributed by atoms with van der Waals surface area (Å²) in [5, 5.41) is 10.3. The van der Waals surface area contributed by atoms with Crippen LogP contribution < -0.4 is 4.57 Å². The molecule has 0 saturated heterocycles. The molecule has 11 nitrogen and oxygen atoms in total. The average Bonchev–Trinajstić information content (AvgIpc) is 3.31. The van der Waals surface area contributed by atoms with Gasteiger partial charge in [-0.3, -0.25) is 13.9 Å². The molecule has 0 bridgehead atoms. The molecule has 0 atom stereocenters. The van der Waals surface area contributed by atoms with Crippen LogP contribution in [0.2, 0.25) is 0 Å². The van der Waals surface area contributed by atoms with E-state index < -0.39 is 36.0 Å². The first-order valence-corrected chi connectivity index (χ1v) is 14.8. The van der Waals surface area contributed by atoms with Crippen molar-refractivity contribution in [1.29, 1.82) is 0 Å². The third kappa shape index (κ3) is 5.34. The van der Waals surface area contributed by atoms with Crippen LogP contribution in [0, 0.1) is 0 Å². The molecule has 3 aromatic carbocycles. The van der Waals surface area contributed by atoms with Gasteiger partial charge in [-0.15, -0.1) is 0 Å². The number of aryl methyl sites for hydroxylation is 1. The zero-order valence-corrected chi connectivity index (χ0v) is 21.9. The highest BCUT2D eigenvalue weighted by atomic mass is 32.2. The normalized spacial score (nSPS) is 12.5. The Balaban J connectivity index is 1.70. The fraction of sp³-hybridized carbons (Fsp3) is 0.192. The molecule has 0 saturated carbocycles. The van der Waals surface area contributed by atoms with Crippen molar-refractivity contribution in [2.75, 3.05) is 0 Å². The van der Waals surface area contributed by atoms with Crippen molar-refractivity contribution < 1.29 is 44.8 Å². The number of rotatable bonds is 9. The smallest absolute Gasteiger partial charge is 0.303 e. The lowest BCUT2D eigenvalue weighted by molar-refractivity contribution is -0.661. The van der Waals surface area contributed by atoms with Gasteiger partial charge in [-0.05, 0) is 48.6 Å². The summed E-state index contributed by atoms with van der Waals surface area (Å²) in [5.74, 6) is -0.789. The Morgan fingerprint density at radius 3 is 2.36 bits per heavy atom. The maximum atomic E-state index is 12.3. The maximum Gasteiger partial charge on any atom is 0.303 e. The third-order valence-corrected chi connectivity index (χ3v) is 8.13. The standard InChI is InChI=1S/C26H22N2O9S2/c29-23(30)8-2-1-5-13-28-20-7-4-3-6-16(20)9-12-21(28)26-27-24-19-11-10-18(38(31,32)33)14-17(19)15-22(25(24)37-26)39(34,35)36/h3-4,6-7,9-12,14-15H,1-2,5,8,13H2,(H2-,29,30,31,32,33,34,35,36)/p+1. The van der Waals surface area contributed by atoms with Gasteiger partial charge in [0.1, 0.15) is 17.0 Å². The van der Waals surface area contributed by atoms with Crippen molar-refractivity contribution in [3.63, 3.8) is 0 Å². The molecule has 0 aliphatic heterocycles. The zero-order valence-electron chi connectivity index (χ0n) is 20.3. The van der Waals surface area contributed by atoms with Crippen LogP contribution in [0.15, 0.2) is 74.9 Å². The minimum Gasteiger partial charge on any atom is -0.481 e. The van der Waals surface area contributed by atoms with Crippen LogP contribution >= 0.6 is 0 Å². The molecule has 0 aliphatic carbocycles. The quantitative estimate of drug-likeness (QED) is 0.132. The number of hydrogen-bond donors (Lipinski definition) is 3. The van der Waals surface area contributed by atoms with Crippen molar-refractivity contribution in [2.24, 2.45) is 0 Å². The number of aliphatic carboxylic acids is 1. The van der Waals surface area contributed by atoms with Crippen molar-refractivity contribution in [1.82, 2.24) is 4.98 Å². The van der Waals surface area contributed by atoms with Crippen LogP contribution in [0.1, 0.15) is 25.7 Å². The van der Waals surface area contributed by atoms with Crippen LogP contribution in [0.3, 0.4) is 0 Å². The predicted octanol–water partition coefficient (Wildman–Crippen LogP) is 4.23. The van der Waals surface area contributed by atoms with E-state index in [1.165, 1.54) is 6.07 Å². The Bertz CT molecular complexity index is 1980. The van der Waals surface area contributed by atoms with Gasteiger partial charge in [-0.1, -0.05) is 18.2 Å². The number of pyridine rings is 1. The molecule has 0 radical (unpaired) electrons. The number of benzene rings is 3. The van der Waals surface area contributed by atoms with E-state index in [4.69, 9.17) is 9.52 Å². The molecule has 0 fully saturated rings. The molecule has 5 rings (SSSR count). The Morgan fingerprint density at radius 2 is 1.64 bits per heavy atom. The molecular formula is C26H23N2O9S2+. The van der Waals surface area contributed by atoms with E-state index >= 15 is 0 Å². The van der Waals surface area contributed by atoms with Gasteiger partial charge in [0.25, 0.3) is 31.8 Å². The number of carboxylic acids is 1. The SMILES string of the molecule is O=C(O)CCCCC[n+]1c(-c2nc3c(o2)c(S(=O)(=O)O)cc2cc(S(=O)(=O)O)ccc23)ccc2ccccc21. The highest BCUT2D eigenvalue weighted by Gasteiger charge is 2.27. The van der Waals surface area contributed by atoms with Crippen molar-refractivity contribution in [3.8, 4) is 11.6 Å². The van der Waals surface area contributed by atoms with E-state index in [0.717, 1.165) is 29.1 Å². The number of unbranched alkanes of at least 4 members (excludes halogenated alkanes) is 2. The van der Waals surface area contributed by atoms with Gasteiger partial charge in [0, 0.05) is 35.7 Å². The highest BCUT2D eigenvalue weighted by molar-refractivity contribution is 7.86. The van der Waals surface area contributed by atoms with Crippen molar-refractivity contribution in [2.45, 2.75) is 42.0 Å². The number of fused-ring (bicyclic) bond motifs is 4. The lowest BCUT2D eigenvalue weighted by Crippen LogP contribution is -2.37. The molecule has 202 valence electrons. The number of carbonyl (C=O) groups is 1. The van der Waals surface area contributed by atoms with E-state index in [1.54, 1.807) is 6.07 Å². The Kier molecular flexibility index (Phi) is 6.84. The molecule has 3 N–H and O–H groups in total.